The highest BCUT2D eigenvalue weighted by Crippen LogP contribution is 2.16. The van der Waals surface area contributed by atoms with E-state index in [2.05, 4.69) is 10.1 Å². The fourth-order valence-corrected chi connectivity index (χ4v) is 1.37. The summed E-state index contributed by atoms with van der Waals surface area (Å²) >= 11 is 0. The lowest BCUT2D eigenvalue weighted by Crippen LogP contribution is -2.08. The Kier molecular flexibility index (Phi) is 2.57. The fourth-order valence-electron chi connectivity index (χ4n) is 1.37. The minimum absolute atomic E-state index is 0.0134. The third kappa shape index (κ3) is 1.98. The monoisotopic (exact) mass is 233 g/mol. The summed E-state index contributed by atoms with van der Waals surface area (Å²) in [6.07, 6.45) is 2.53. The van der Waals surface area contributed by atoms with Gasteiger partial charge in [0.1, 0.15) is 12.7 Å². The van der Waals surface area contributed by atoms with Gasteiger partial charge in [0.05, 0.1) is 16.8 Å². The Bertz CT molecular complexity index is 577. The van der Waals surface area contributed by atoms with Crippen LogP contribution in [0.25, 0.3) is 5.69 Å². The van der Waals surface area contributed by atoms with Crippen molar-refractivity contribution in [3.63, 3.8) is 0 Å². The molecule has 0 amide bonds. The lowest BCUT2D eigenvalue weighted by Gasteiger charge is -2.06. The van der Waals surface area contributed by atoms with E-state index in [1.807, 2.05) is 0 Å². The molecule has 1 aromatic heterocycles. The maximum atomic E-state index is 11.0. The van der Waals surface area contributed by atoms with Crippen molar-refractivity contribution < 1.29 is 19.8 Å². The van der Waals surface area contributed by atoms with Crippen molar-refractivity contribution in [3.8, 4) is 5.69 Å². The van der Waals surface area contributed by atoms with E-state index in [1.165, 1.54) is 35.5 Å². The summed E-state index contributed by atoms with van der Waals surface area (Å²) in [5.41, 5.74) is 0.107. The van der Waals surface area contributed by atoms with E-state index in [0.717, 1.165) is 0 Å². The molecule has 0 aliphatic carbocycles. The van der Waals surface area contributed by atoms with Gasteiger partial charge in [0.15, 0.2) is 0 Å². The van der Waals surface area contributed by atoms with Gasteiger partial charge in [-0.05, 0) is 18.2 Å². The van der Waals surface area contributed by atoms with Gasteiger partial charge in [-0.1, -0.05) is 0 Å². The van der Waals surface area contributed by atoms with Crippen LogP contribution in [-0.2, 0) is 0 Å². The molecule has 0 atom stereocenters. The molecule has 7 heteroatoms. The Morgan fingerprint density at radius 3 is 2.47 bits per heavy atom. The summed E-state index contributed by atoms with van der Waals surface area (Å²) < 4.78 is 1.20. The average molecular weight is 233 g/mol. The molecule has 2 N–H and O–H groups in total. The maximum absolute atomic E-state index is 11.0. The average Bonchev–Trinajstić information content (AvgIpc) is 2.81. The van der Waals surface area contributed by atoms with Gasteiger partial charge in [0, 0.05) is 0 Å². The van der Waals surface area contributed by atoms with E-state index >= 15 is 0 Å². The van der Waals surface area contributed by atoms with Crippen LogP contribution in [0.15, 0.2) is 30.9 Å². The SMILES string of the molecule is O=C(O)c1ccc(C(=O)O)c(-n2cncn2)c1. The van der Waals surface area contributed by atoms with Crippen LogP contribution in [0.3, 0.4) is 0 Å². The molecule has 0 radical (unpaired) electrons. The van der Waals surface area contributed by atoms with E-state index in [1.54, 1.807) is 0 Å². The molecule has 0 saturated heterocycles. The summed E-state index contributed by atoms with van der Waals surface area (Å²) in [6, 6.07) is 3.69. The first-order valence-electron chi connectivity index (χ1n) is 4.55. The van der Waals surface area contributed by atoms with E-state index in [9.17, 15) is 9.59 Å². The van der Waals surface area contributed by atoms with Crippen LogP contribution >= 0.6 is 0 Å². The second-order valence-corrected chi connectivity index (χ2v) is 3.18. The standard InChI is InChI=1S/C10H7N3O4/c14-9(15)6-1-2-7(10(16)17)8(3-6)13-5-11-4-12-13/h1-5H,(H,14,15)(H,16,17). The number of nitrogens with zero attached hydrogens (tertiary/aromatic N) is 3. The molecule has 0 aliphatic rings. The van der Waals surface area contributed by atoms with Crippen molar-refractivity contribution in [2.24, 2.45) is 0 Å². The van der Waals surface area contributed by atoms with Crippen molar-refractivity contribution in [1.29, 1.82) is 0 Å². The summed E-state index contributed by atoms with van der Waals surface area (Å²) in [4.78, 5) is 25.5. The van der Waals surface area contributed by atoms with E-state index in [4.69, 9.17) is 10.2 Å². The molecule has 17 heavy (non-hydrogen) atoms. The van der Waals surface area contributed by atoms with Crippen molar-refractivity contribution in [2.75, 3.05) is 0 Å². The molecule has 2 aromatic rings. The van der Waals surface area contributed by atoms with Crippen molar-refractivity contribution >= 4 is 11.9 Å². The number of rotatable bonds is 3. The Balaban J connectivity index is 2.64. The zero-order valence-electron chi connectivity index (χ0n) is 8.44. The molecule has 0 saturated carbocycles. The molecule has 1 heterocycles. The number of hydrogen-bond acceptors (Lipinski definition) is 4. The lowest BCUT2D eigenvalue weighted by molar-refractivity contribution is 0.0681. The van der Waals surface area contributed by atoms with Gasteiger partial charge in [-0.25, -0.2) is 19.3 Å². The van der Waals surface area contributed by atoms with Crippen LogP contribution in [0.1, 0.15) is 20.7 Å². The number of aromatic carboxylic acids is 2. The highest BCUT2D eigenvalue weighted by Gasteiger charge is 2.15. The minimum Gasteiger partial charge on any atom is -0.478 e. The Morgan fingerprint density at radius 1 is 1.18 bits per heavy atom. The van der Waals surface area contributed by atoms with Gasteiger partial charge < -0.3 is 10.2 Å². The number of carbonyl (C=O) groups is 2. The van der Waals surface area contributed by atoms with Crippen molar-refractivity contribution in [2.45, 2.75) is 0 Å². The molecule has 7 nitrogen and oxygen atoms in total. The molecule has 86 valence electrons. The maximum Gasteiger partial charge on any atom is 0.337 e. The van der Waals surface area contributed by atoms with E-state index in [-0.39, 0.29) is 16.8 Å². The van der Waals surface area contributed by atoms with E-state index < -0.39 is 11.9 Å². The smallest absolute Gasteiger partial charge is 0.337 e. The molecule has 0 aliphatic heterocycles. The molecule has 2 rings (SSSR count). The number of carboxylic acids is 2. The first-order valence-corrected chi connectivity index (χ1v) is 4.55. The molecule has 0 spiro atoms. The summed E-state index contributed by atoms with van der Waals surface area (Å²) in [5, 5.41) is 21.6. The molecule has 0 unspecified atom stereocenters. The zero-order valence-corrected chi connectivity index (χ0v) is 8.44. The van der Waals surface area contributed by atoms with Gasteiger partial charge in [0.25, 0.3) is 0 Å². The number of carboxylic acid groups (broad SMARTS) is 2. The number of aromatic nitrogens is 3. The highest BCUT2D eigenvalue weighted by molar-refractivity contribution is 5.95. The number of benzene rings is 1. The molecular weight excluding hydrogens is 226 g/mol. The minimum atomic E-state index is -1.16. The van der Waals surface area contributed by atoms with Gasteiger partial charge in [-0.3, -0.25) is 0 Å². The molecule has 1 aromatic carbocycles. The molecule has 0 fully saturated rings. The topological polar surface area (TPSA) is 105 Å². The first-order chi connectivity index (χ1) is 8.09. The second-order valence-electron chi connectivity index (χ2n) is 3.18. The van der Waals surface area contributed by atoms with E-state index in [0.29, 0.717) is 0 Å². The highest BCUT2D eigenvalue weighted by atomic mass is 16.4. The summed E-state index contributed by atoms with van der Waals surface area (Å²) in [5.74, 6) is -2.30. The molecular formula is C10H7N3O4. The van der Waals surface area contributed by atoms with Crippen LogP contribution in [0.2, 0.25) is 0 Å². The third-order valence-electron chi connectivity index (χ3n) is 2.14. The second kappa shape index (κ2) is 4.05. The van der Waals surface area contributed by atoms with Gasteiger partial charge in [0.2, 0.25) is 0 Å². The largest absolute Gasteiger partial charge is 0.478 e. The molecule has 0 bridgehead atoms. The third-order valence-corrected chi connectivity index (χ3v) is 2.14. The van der Waals surface area contributed by atoms with Crippen LogP contribution in [0, 0.1) is 0 Å². The Hall–Kier alpha value is -2.70. The van der Waals surface area contributed by atoms with Crippen LogP contribution in [0.5, 0.6) is 0 Å². The van der Waals surface area contributed by atoms with Gasteiger partial charge in [-0.2, -0.15) is 5.10 Å². The van der Waals surface area contributed by atoms with Crippen molar-refractivity contribution in [1.82, 2.24) is 14.8 Å². The summed E-state index contributed by atoms with van der Waals surface area (Å²) in [6.45, 7) is 0. The first kappa shape index (κ1) is 10.8. The predicted octanol–water partition coefficient (Wildman–Crippen LogP) is 0.664. The number of hydrogen-bond donors (Lipinski definition) is 2. The lowest BCUT2D eigenvalue weighted by atomic mass is 10.1. The van der Waals surface area contributed by atoms with Crippen LogP contribution in [0.4, 0.5) is 0 Å². The van der Waals surface area contributed by atoms with Gasteiger partial charge in [-0.15, -0.1) is 0 Å². The van der Waals surface area contributed by atoms with Crippen molar-refractivity contribution in [3.05, 3.63) is 42.0 Å². The fraction of sp³-hybridized carbons (Fsp3) is 0. The van der Waals surface area contributed by atoms with Crippen LogP contribution in [-0.4, -0.2) is 36.9 Å². The van der Waals surface area contributed by atoms with Gasteiger partial charge >= 0.3 is 11.9 Å². The quantitative estimate of drug-likeness (QED) is 0.806. The summed E-state index contributed by atoms with van der Waals surface area (Å²) in [7, 11) is 0. The zero-order chi connectivity index (χ0) is 12.4. The Morgan fingerprint density at radius 2 is 1.94 bits per heavy atom. The normalized spacial score (nSPS) is 10.1. The van der Waals surface area contributed by atoms with Crippen LogP contribution < -0.4 is 0 Å². The Labute approximate surface area is 95.0 Å². The predicted molar refractivity (Wildman–Crippen MR) is 55.3 cm³/mol.